The normalized spacial score (nSPS) is 18.1. The molecule has 5 rings (SSSR count). The summed E-state index contributed by atoms with van der Waals surface area (Å²) in [6.45, 7) is 4.70. The molecule has 2 aliphatic heterocycles. The highest BCUT2D eigenvalue weighted by molar-refractivity contribution is 7.90. The number of aryl methyl sites for hydroxylation is 1. The number of fused-ring (bicyclic) bond motifs is 1. The highest BCUT2D eigenvalue weighted by Gasteiger charge is 2.44. The summed E-state index contributed by atoms with van der Waals surface area (Å²) in [4.78, 5) is 19.6. The van der Waals surface area contributed by atoms with Crippen molar-refractivity contribution < 1.29 is 17.6 Å². The van der Waals surface area contributed by atoms with Crippen LogP contribution in [-0.4, -0.2) is 56.9 Å². The Morgan fingerprint density at radius 1 is 0.943 bits per heavy atom. The molecule has 2 aliphatic rings. The fourth-order valence-corrected chi connectivity index (χ4v) is 6.46. The molecular formula is C25H27ClN4O4S. The van der Waals surface area contributed by atoms with Crippen molar-refractivity contribution >= 4 is 39.0 Å². The number of amides is 2. The number of sulfonamides is 1. The molecule has 8 nitrogen and oxygen atoms in total. The minimum Gasteiger partial charge on any atom is -0.464 e. The molecule has 0 unspecified atom stereocenters. The lowest BCUT2D eigenvalue weighted by Crippen LogP contribution is -2.51. The predicted molar refractivity (Wildman–Crippen MR) is 135 cm³/mol. The van der Waals surface area contributed by atoms with Crippen LogP contribution >= 0.6 is 11.6 Å². The minimum absolute atomic E-state index is 0.102. The number of halogens is 1. The Labute approximate surface area is 210 Å². The maximum atomic E-state index is 14.0. The molecule has 1 aromatic heterocycles. The monoisotopic (exact) mass is 514 g/mol. The second-order valence-corrected chi connectivity index (χ2v) is 11.2. The average molecular weight is 515 g/mol. The van der Waals surface area contributed by atoms with Crippen LogP contribution in [0.2, 0.25) is 5.02 Å². The van der Waals surface area contributed by atoms with Crippen LogP contribution in [0.3, 0.4) is 0 Å². The van der Waals surface area contributed by atoms with Gasteiger partial charge in [0.2, 0.25) is 0 Å². The number of nitrogens with zero attached hydrogens (tertiary/aromatic N) is 4. The van der Waals surface area contributed by atoms with E-state index in [1.54, 1.807) is 31.2 Å². The zero-order valence-electron chi connectivity index (χ0n) is 19.6. The van der Waals surface area contributed by atoms with Crippen LogP contribution in [0.1, 0.15) is 17.1 Å². The molecule has 0 bridgehead atoms. The standard InChI is InChI=1S/C25H27ClN4O4S/c1-18-8-9-21(34-18)17-30-25(31)29(16-19-6-4-3-5-7-19)23-15-20(26)14-22(24(23)35(30,32)33)28-12-10-27(2)11-13-28/h3-9,14-15H,10-13,16-17H2,1-2H3. The average Bonchev–Trinajstić information content (AvgIpc) is 3.25. The Kier molecular flexibility index (Phi) is 6.25. The van der Waals surface area contributed by atoms with Gasteiger partial charge in [-0.2, -0.15) is 0 Å². The Balaban J connectivity index is 1.66. The van der Waals surface area contributed by atoms with Crippen LogP contribution in [-0.2, 0) is 23.1 Å². The van der Waals surface area contributed by atoms with E-state index in [1.807, 2.05) is 42.3 Å². The molecule has 0 saturated carbocycles. The summed E-state index contributed by atoms with van der Waals surface area (Å²) in [6.07, 6.45) is 0. The zero-order valence-corrected chi connectivity index (χ0v) is 21.2. The molecule has 35 heavy (non-hydrogen) atoms. The van der Waals surface area contributed by atoms with Gasteiger partial charge >= 0.3 is 6.03 Å². The maximum Gasteiger partial charge on any atom is 0.339 e. The first-order chi connectivity index (χ1) is 16.7. The lowest BCUT2D eigenvalue weighted by Gasteiger charge is -2.40. The molecule has 184 valence electrons. The first kappa shape index (κ1) is 23.7. The number of benzene rings is 2. The quantitative estimate of drug-likeness (QED) is 0.504. The third-order valence-corrected chi connectivity index (χ3v) is 8.44. The Bertz CT molecular complexity index is 1350. The van der Waals surface area contributed by atoms with Gasteiger partial charge in [-0.25, -0.2) is 17.5 Å². The van der Waals surface area contributed by atoms with Crippen molar-refractivity contribution in [2.24, 2.45) is 0 Å². The van der Waals surface area contributed by atoms with Gasteiger partial charge in [0, 0.05) is 31.2 Å². The lowest BCUT2D eigenvalue weighted by molar-refractivity contribution is 0.223. The van der Waals surface area contributed by atoms with E-state index in [0.29, 0.717) is 41.0 Å². The molecule has 3 heterocycles. The summed E-state index contributed by atoms with van der Waals surface area (Å²) >= 11 is 6.51. The van der Waals surface area contributed by atoms with E-state index < -0.39 is 16.1 Å². The number of piperazine rings is 1. The number of furan rings is 1. The summed E-state index contributed by atoms with van der Waals surface area (Å²) in [6, 6.07) is 15.6. The van der Waals surface area contributed by atoms with Gasteiger partial charge in [-0.15, -0.1) is 0 Å². The van der Waals surface area contributed by atoms with Gasteiger partial charge in [0.05, 0.1) is 24.5 Å². The SMILES string of the molecule is Cc1ccc(CN2C(=O)N(Cc3ccccc3)c3cc(Cl)cc(N4CCN(C)CC4)c3S2(=O)=O)o1. The lowest BCUT2D eigenvalue weighted by atomic mass is 10.1. The maximum absolute atomic E-state index is 14.0. The summed E-state index contributed by atoms with van der Waals surface area (Å²) < 4.78 is 34.6. The first-order valence-corrected chi connectivity index (χ1v) is 13.3. The molecule has 1 fully saturated rings. The van der Waals surface area contributed by atoms with Crippen LogP contribution in [0.25, 0.3) is 0 Å². The van der Waals surface area contributed by atoms with E-state index in [4.69, 9.17) is 16.0 Å². The van der Waals surface area contributed by atoms with Crippen molar-refractivity contribution in [3.63, 3.8) is 0 Å². The van der Waals surface area contributed by atoms with E-state index in [0.717, 1.165) is 23.0 Å². The molecule has 0 spiro atoms. The number of anilines is 2. The Morgan fingerprint density at radius 2 is 1.63 bits per heavy atom. The van der Waals surface area contributed by atoms with Crippen LogP contribution in [0, 0.1) is 6.92 Å². The fraction of sp³-hybridized carbons (Fsp3) is 0.320. The van der Waals surface area contributed by atoms with Crippen LogP contribution in [0.5, 0.6) is 0 Å². The number of rotatable bonds is 5. The van der Waals surface area contributed by atoms with Gasteiger partial charge in [0.25, 0.3) is 10.0 Å². The molecule has 2 aromatic carbocycles. The summed E-state index contributed by atoms with van der Waals surface area (Å²) in [5.74, 6) is 1.05. The topological polar surface area (TPSA) is 77.3 Å². The second kappa shape index (κ2) is 9.22. The first-order valence-electron chi connectivity index (χ1n) is 11.4. The van der Waals surface area contributed by atoms with Crippen LogP contribution < -0.4 is 9.80 Å². The van der Waals surface area contributed by atoms with Gasteiger partial charge in [-0.05, 0) is 43.8 Å². The van der Waals surface area contributed by atoms with Gasteiger partial charge in [0.1, 0.15) is 16.4 Å². The van der Waals surface area contributed by atoms with E-state index in [-0.39, 0.29) is 18.0 Å². The molecule has 0 N–H and O–H groups in total. The fourth-order valence-electron chi connectivity index (χ4n) is 4.55. The molecular weight excluding hydrogens is 488 g/mol. The number of carbonyl (C=O) groups is 1. The van der Waals surface area contributed by atoms with Crippen molar-refractivity contribution in [3.05, 3.63) is 76.7 Å². The number of hydrogen-bond donors (Lipinski definition) is 0. The van der Waals surface area contributed by atoms with E-state index in [1.165, 1.54) is 4.90 Å². The van der Waals surface area contributed by atoms with Crippen molar-refractivity contribution in [2.45, 2.75) is 24.9 Å². The Morgan fingerprint density at radius 3 is 2.29 bits per heavy atom. The van der Waals surface area contributed by atoms with Crippen LogP contribution in [0.4, 0.5) is 16.2 Å². The van der Waals surface area contributed by atoms with E-state index in [9.17, 15) is 13.2 Å². The molecule has 3 aromatic rings. The second-order valence-electron chi connectivity index (χ2n) is 8.94. The number of urea groups is 1. The molecule has 0 atom stereocenters. The highest BCUT2D eigenvalue weighted by atomic mass is 35.5. The molecule has 10 heteroatoms. The number of hydrogen-bond acceptors (Lipinski definition) is 6. The van der Waals surface area contributed by atoms with E-state index in [2.05, 4.69) is 4.90 Å². The van der Waals surface area contributed by atoms with Crippen molar-refractivity contribution in [3.8, 4) is 0 Å². The smallest absolute Gasteiger partial charge is 0.339 e. The van der Waals surface area contributed by atoms with Crippen molar-refractivity contribution in [2.75, 3.05) is 43.0 Å². The van der Waals surface area contributed by atoms with Crippen molar-refractivity contribution in [1.29, 1.82) is 0 Å². The molecule has 2 amide bonds. The molecule has 0 radical (unpaired) electrons. The van der Waals surface area contributed by atoms with Gasteiger partial charge in [0.15, 0.2) is 0 Å². The minimum atomic E-state index is -4.19. The summed E-state index contributed by atoms with van der Waals surface area (Å²) in [5.41, 5.74) is 1.69. The summed E-state index contributed by atoms with van der Waals surface area (Å²) in [7, 11) is -2.15. The molecule has 0 aliphatic carbocycles. The third-order valence-electron chi connectivity index (χ3n) is 6.42. The van der Waals surface area contributed by atoms with Gasteiger partial charge < -0.3 is 14.2 Å². The van der Waals surface area contributed by atoms with Gasteiger partial charge in [-0.3, -0.25) is 4.90 Å². The molecule has 1 saturated heterocycles. The van der Waals surface area contributed by atoms with E-state index >= 15 is 0 Å². The number of carbonyl (C=O) groups excluding carboxylic acids is 1. The number of likely N-dealkylation sites (N-methyl/N-ethyl adjacent to an activating group) is 1. The zero-order chi connectivity index (χ0) is 24.7. The Hall–Kier alpha value is -3.01. The van der Waals surface area contributed by atoms with Crippen molar-refractivity contribution in [1.82, 2.24) is 9.21 Å². The third kappa shape index (κ3) is 4.51. The predicted octanol–water partition coefficient (Wildman–Crippen LogP) is 4.32. The van der Waals surface area contributed by atoms with Gasteiger partial charge in [-0.1, -0.05) is 41.9 Å². The largest absolute Gasteiger partial charge is 0.464 e. The summed E-state index contributed by atoms with van der Waals surface area (Å²) in [5, 5.41) is 0.383. The van der Waals surface area contributed by atoms with Crippen LogP contribution in [0.15, 0.2) is 63.9 Å². The highest BCUT2D eigenvalue weighted by Crippen LogP contribution is 2.44.